The summed E-state index contributed by atoms with van der Waals surface area (Å²) in [5.41, 5.74) is 10.1. The summed E-state index contributed by atoms with van der Waals surface area (Å²) in [6.07, 6.45) is 0. The van der Waals surface area contributed by atoms with Crippen LogP contribution in [-0.2, 0) is 5.41 Å². The Hall–Kier alpha value is -2.35. The van der Waals surface area contributed by atoms with Crippen LogP contribution in [0.2, 0.25) is 5.02 Å². The van der Waals surface area contributed by atoms with Gasteiger partial charge in [-0.05, 0) is 62.7 Å². The predicted octanol–water partition coefficient (Wildman–Crippen LogP) is 7.45. The first-order chi connectivity index (χ1) is 13.2. The van der Waals surface area contributed by atoms with Gasteiger partial charge in [0.1, 0.15) is 0 Å². The quantitative estimate of drug-likeness (QED) is 0.235. The van der Waals surface area contributed by atoms with Crippen molar-refractivity contribution in [2.24, 2.45) is 0 Å². The molecule has 0 aliphatic heterocycles. The molecule has 6 rings (SSSR count). The summed E-state index contributed by atoms with van der Waals surface area (Å²) in [4.78, 5) is 0. The van der Waals surface area contributed by atoms with Crippen molar-refractivity contribution in [2.75, 3.05) is 0 Å². The number of benzene rings is 4. The highest BCUT2D eigenvalue weighted by Gasteiger charge is 2.52. The molecule has 0 saturated carbocycles. The summed E-state index contributed by atoms with van der Waals surface area (Å²) in [5, 5.41) is 0.777. The number of fused-ring (bicyclic) bond motifs is 10. The summed E-state index contributed by atoms with van der Waals surface area (Å²) in [6.45, 7) is 0. The van der Waals surface area contributed by atoms with E-state index in [0.717, 1.165) is 9.50 Å². The van der Waals surface area contributed by atoms with E-state index in [1.54, 1.807) is 0 Å². The number of hydrogen-bond donors (Lipinski definition) is 0. The summed E-state index contributed by atoms with van der Waals surface area (Å²) in [5.74, 6) is 0. The van der Waals surface area contributed by atoms with Crippen molar-refractivity contribution in [1.82, 2.24) is 0 Å². The van der Waals surface area contributed by atoms with Crippen molar-refractivity contribution < 1.29 is 0 Å². The molecule has 0 radical (unpaired) electrons. The fourth-order valence-corrected chi connectivity index (χ4v) is 5.96. The average molecular weight is 430 g/mol. The van der Waals surface area contributed by atoms with Gasteiger partial charge in [-0.2, -0.15) is 0 Å². The van der Waals surface area contributed by atoms with Crippen molar-refractivity contribution in [3.05, 3.63) is 117 Å². The van der Waals surface area contributed by atoms with Gasteiger partial charge in [0, 0.05) is 9.50 Å². The molecule has 1 atom stereocenters. The minimum Gasteiger partial charge on any atom is -0.0843 e. The highest BCUT2D eigenvalue weighted by atomic mass is 79.9. The molecule has 2 aliphatic carbocycles. The van der Waals surface area contributed by atoms with Gasteiger partial charge in [-0.1, -0.05) is 94.3 Å². The highest BCUT2D eigenvalue weighted by molar-refractivity contribution is 9.10. The van der Waals surface area contributed by atoms with Gasteiger partial charge < -0.3 is 0 Å². The van der Waals surface area contributed by atoms with Crippen LogP contribution in [0.5, 0.6) is 0 Å². The van der Waals surface area contributed by atoms with E-state index in [4.69, 9.17) is 11.6 Å². The summed E-state index contributed by atoms with van der Waals surface area (Å²) >= 11 is 10.4. The second-order valence-electron chi connectivity index (χ2n) is 7.19. The Morgan fingerprint density at radius 1 is 0.593 bits per heavy atom. The lowest BCUT2D eigenvalue weighted by molar-refractivity contribution is 0.789. The Morgan fingerprint density at radius 2 is 1.19 bits per heavy atom. The molecule has 0 fully saturated rings. The summed E-state index contributed by atoms with van der Waals surface area (Å²) < 4.78 is 1.14. The zero-order valence-electron chi connectivity index (χ0n) is 14.3. The van der Waals surface area contributed by atoms with E-state index in [1.165, 1.54) is 44.5 Å². The molecule has 0 heterocycles. The van der Waals surface area contributed by atoms with Crippen LogP contribution in [-0.4, -0.2) is 0 Å². The predicted molar refractivity (Wildman–Crippen MR) is 115 cm³/mol. The third-order valence-corrected chi connectivity index (χ3v) is 6.91. The molecule has 1 unspecified atom stereocenters. The lowest BCUT2D eigenvalue weighted by atomic mass is 9.70. The molecule has 2 heteroatoms. The number of hydrogen-bond acceptors (Lipinski definition) is 0. The monoisotopic (exact) mass is 428 g/mol. The Labute approximate surface area is 171 Å². The Bertz CT molecular complexity index is 1240. The fraction of sp³-hybridized carbons (Fsp3) is 0.0400. The van der Waals surface area contributed by atoms with Gasteiger partial charge in [-0.3, -0.25) is 0 Å². The molecule has 0 nitrogen and oxygen atoms in total. The maximum atomic E-state index is 6.51. The molecule has 2 aliphatic rings. The van der Waals surface area contributed by atoms with Crippen molar-refractivity contribution in [1.29, 1.82) is 0 Å². The molecule has 0 amide bonds. The Kier molecular flexibility index (Phi) is 3.10. The van der Waals surface area contributed by atoms with Crippen LogP contribution in [0.4, 0.5) is 0 Å². The average Bonchev–Trinajstić information content (AvgIpc) is 3.16. The molecule has 0 aromatic heterocycles. The van der Waals surface area contributed by atoms with E-state index in [-0.39, 0.29) is 5.41 Å². The minimum absolute atomic E-state index is 0.331. The lowest BCUT2D eigenvalue weighted by Crippen LogP contribution is -2.26. The molecule has 0 saturated heterocycles. The van der Waals surface area contributed by atoms with Crippen LogP contribution in [0.3, 0.4) is 0 Å². The van der Waals surface area contributed by atoms with Crippen molar-refractivity contribution in [3.63, 3.8) is 0 Å². The van der Waals surface area contributed by atoms with Gasteiger partial charge >= 0.3 is 0 Å². The molecule has 27 heavy (non-hydrogen) atoms. The van der Waals surface area contributed by atoms with E-state index < -0.39 is 0 Å². The largest absolute Gasteiger partial charge is 0.0843 e. The molecule has 0 N–H and O–H groups in total. The zero-order valence-corrected chi connectivity index (χ0v) is 16.7. The molecule has 1 spiro atoms. The van der Waals surface area contributed by atoms with Gasteiger partial charge in [0.2, 0.25) is 0 Å². The molecular weight excluding hydrogens is 416 g/mol. The maximum Gasteiger partial charge on any atom is 0.0737 e. The van der Waals surface area contributed by atoms with Crippen LogP contribution in [0, 0.1) is 0 Å². The molecule has 4 aromatic carbocycles. The maximum absolute atomic E-state index is 6.51. The third-order valence-electron chi connectivity index (χ3n) is 6.02. The van der Waals surface area contributed by atoms with Crippen molar-refractivity contribution in [3.8, 4) is 22.3 Å². The normalized spacial score (nSPS) is 18.1. The second-order valence-corrected chi connectivity index (χ2v) is 8.48. The van der Waals surface area contributed by atoms with Gasteiger partial charge in [0.05, 0.1) is 5.41 Å². The first-order valence-corrected chi connectivity index (χ1v) is 10.2. The smallest absolute Gasteiger partial charge is 0.0737 e. The molecule has 128 valence electrons. The van der Waals surface area contributed by atoms with Crippen LogP contribution >= 0.6 is 27.5 Å². The standard InChI is InChI=1S/C25H14BrCl/c26-23-11-5-8-19-17-7-2-4-10-21(17)25(24(19)23)20-9-3-1-6-16(20)18-13-12-15(27)14-22(18)25/h1-14H. The van der Waals surface area contributed by atoms with Crippen LogP contribution in [0.1, 0.15) is 22.3 Å². The first kappa shape index (κ1) is 15.7. The first-order valence-electron chi connectivity index (χ1n) is 9.01. The van der Waals surface area contributed by atoms with Gasteiger partial charge in [0.15, 0.2) is 0 Å². The topological polar surface area (TPSA) is 0 Å². The van der Waals surface area contributed by atoms with Gasteiger partial charge in [0.25, 0.3) is 0 Å². The van der Waals surface area contributed by atoms with E-state index in [0.29, 0.717) is 0 Å². The summed E-state index contributed by atoms with van der Waals surface area (Å²) in [7, 11) is 0. The van der Waals surface area contributed by atoms with Crippen LogP contribution in [0.15, 0.2) is 89.4 Å². The Morgan fingerprint density at radius 3 is 1.93 bits per heavy atom. The molecule has 4 aromatic rings. The molecular formula is C25H14BrCl. The lowest BCUT2D eigenvalue weighted by Gasteiger charge is -2.31. The van der Waals surface area contributed by atoms with Crippen LogP contribution < -0.4 is 0 Å². The number of rotatable bonds is 0. The van der Waals surface area contributed by atoms with E-state index >= 15 is 0 Å². The Balaban J connectivity index is 1.90. The SMILES string of the molecule is Clc1ccc2c(c1)C1(c3ccccc3-2)c2ccccc2-c2cccc(Br)c21. The highest BCUT2D eigenvalue weighted by Crippen LogP contribution is 2.64. The van der Waals surface area contributed by atoms with Gasteiger partial charge in [-0.25, -0.2) is 0 Å². The molecule has 0 bridgehead atoms. The van der Waals surface area contributed by atoms with Gasteiger partial charge in [-0.15, -0.1) is 0 Å². The second kappa shape index (κ2) is 5.34. The fourth-order valence-electron chi connectivity index (χ4n) is 5.12. The van der Waals surface area contributed by atoms with Crippen LogP contribution in [0.25, 0.3) is 22.3 Å². The van der Waals surface area contributed by atoms with E-state index in [2.05, 4.69) is 94.8 Å². The van der Waals surface area contributed by atoms with E-state index in [1.807, 2.05) is 6.07 Å². The van der Waals surface area contributed by atoms with Crippen molar-refractivity contribution >= 4 is 27.5 Å². The van der Waals surface area contributed by atoms with E-state index in [9.17, 15) is 0 Å². The zero-order chi connectivity index (χ0) is 18.2. The number of halogens is 2. The third kappa shape index (κ3) is 1.79. The minimum atomic E-state index is -0.331. The summed E-state index contributed by atoms with van der Waals surface area (Å²) in [6, 6.07) is 30.4. The van der Waals surface area contributed by atoms with Crippen molar-refractivity contribution in [2.45, 2.75) is 5.41 Å².